The summed E-state index contributed by atoms with van der Waals surface area (Å²) >= 11 is 0. The molecule has 0 aromatic heterocycles. The highest BCUT2D eigenvalue weighted by molar-refractivity contribution is 5.74. The number of carbonyl (C=O) groups is 1. The van der Waals surface area contributed by atoms with Crippen LogP contribution in [0.15, 0.2) is 11.6 Å². The molecule has 0 spiro atoms. The van der Waals surface area contributed by atoms with Crippen molar-refractivity contribution in [3.05, 3.63) is 11.6 Å². The van der Waals surface area contributed by atoms with Crippen LogP contribution in [0.3, 0.4) is 0 Å². The predicted molar refractivity (Wildman–Crippen MR) is 89.0 cm³/mol. The van der Waals surface area contributed by atoms with E-state index < -0.39 is 0 Å². The standard InChI is InChI=1S/C17H31N3O2/c1-15(2)6-9-19-8-3-4-16(14-19)5-7-18-17(21)20-10-12-22-13-11-20/h4,15H,3,5-14H2,1-2H3,(H,18,21). The third-order valence-electron chi connectivity index (χ3n) is 4.35. The Morgan fingerprint density at radius 3 is 2.82 bits per heavy atom. The van der Waals surface area contributed by atoms with Crippen molar-refractivity contribution in [1.82, 2.24) is 15.1 Å². The van der Waals surface area contributed by atoms with E-state index in [-0.39, 0.29) is 6.03 Å². The molecule has 2 aliphatic heterocycles. The van der Waals surface area contributed by atoms with E-state index in [1.807, 2.05) is 4.90 Å². The molecule has 5 nitrogen and oxygen atoms in total. The van der Waals surface area contributed by atoms with Crippen LogP contribution >= 0.6 is 0 Å². The number of amides is 2. The number of hydrogen-bond acceptors (Lipinski definition) is 3. The molecule has 0 unspecified atom stereocenters. The number of morpholine rings is 1. The van der Waals surface area contributed by atoms with Gasteiger partial charge in [-0.1, -0.05) is 25.5 Å². The zero-order valence-electron chi connectivity index (χ0n) is 14.1. The molecule has 0 bridgehead atoms. The number of ether oxygens (including phenoxy) is 1. The van der Waals surface area contributed by atoms with Gasteiger partial charge >= 0.3 is 6.03 Å². The number of nitrogens with one attached hydrogen (secondary N) is 1. The number of nitrogens with zero attached hydrogens (tertiary/aromatic N) is 2. The fourth-order valence-electron chi connectivity index (χ4n) is 2.90. The Bertz CT molecular complexity index is 376. The molecule has 1 N–H and O–H groups in total. The minimum absolute atomic E-state index is 0.0522. The molecule has 1 saturated heterocycles. The molecule has 0 aromatic carbocycles. The van der Waals surface area contributed by atoms with Gasteiger partial charge in [0.1, 0.15) is 0 Å². The van der Waals surface area contributed by atoms with E-state index in [0.29, 0.717) is 26.3 Å². The summed E-state index contributed by atoms with van der Waals surface area (Å²) in [6.07, 6.45) is 5.73. The second-order valence-electron chi connectivity index (χ2n) is 6.69. The van der Waals surface area contributed by atoms with Crippen LogP contribution in [0.25, 0.3) is 0 Å². The van der Waals surface area contributed by atoms with Crippen molar-refractivity contribution < 1.29 is 9.53 Å². The lowest BCUT2D eigenvalue weighted by atomic mass is 10.0. The molecule has 2 aliphatic rings. The molecule has 126 valence electrons. The highest BCUT2D eigenvalue weighted by atomic mass is 16.5. The first kappa shape index (κ1) is 17.3. The second-order valence-corrected chi connectivity index (χ2v) is 6.69. The van der Waals surface area contributed by atoms with Crippen LogP contribution in [0.1, 0.15) is 33.1 Å². The maximum Gasteiger partial charge on any atom is 0.317 e. The topological polar surface area (TPSA) is 44.8 Å². The van der Waals surface area contributed by atoms with Crippen molar-refractivity contribution in [1.29, 1.82) is 0 Å². The lowest BCUT2D eigenvalue weighted by molar-refractivity contribution is 0.0532. The molecule has 2 rings (SSSR count). The number of urea groups is 1. The molecule has 0 aliphatic carbocycles. The van der Waals surface area contributed by atoms with Gasteiger partial charge in [0.15, 0.2) is 0 Å². The van der Waals surface area contributed by atoms with Crippen LogP contribution in [0, 0.1) is 5.92 Å². The van der Waals surface area contributed by atoms with Gasteiger partial charge in [-0.05, 0) is 31.7 Å². The molecule has 0 atom stereocenters. The quantitative estimate of drug-likeness (QED) is 0.764. The first-order chi connectivity index (χ1) is 10.6. The van der Waals surface area contributed by atoms with Crippen LogP contribution in [0.5, 0.6) is 0 Å². The van der Waals surface area contributed by atoms with Crippen LogP contribution in [-0.2, 0) is 4.74 Å². The van der Waals surface area contributed by atoms with Gasteiger partial charge in [-0.2, -0.15) is 0 Å². The van der Waals surface area contributed by atoms with Gasteiger partial charge in [0.25, 0.3) is 0 Å². The fourth-order valence-corrected chi connectivity index (χ4v) is 2.90. The maximum absolute atomic E-state index is 12.0. The summed E-state index contributed by atoms with van der Waals surface area (Å²) in [5.74, 6) is 0.766. The average molecular weight is 309 g/mol. The maximum atomic E-state index is 12.0. The summed E-state index contributed by atoms with van der Waals surface area (Å²) < 4.78 is 5.26. The highest BCUT2D eigenvalue weighted by Crippen LogP contribution is 2.14. The number of hydrogen-bond donors (Lipinski definition) is 1. The summed E-state index contributed by atoms with van der Waals surface area (Å²) in [5.41, 5.74) is 1.47. The van der Waals surface area contributed by atoms with Crippen LogP contribution in [0.2, 0.25) is 0 Å². The summed E-state index contributed by atoms with van der Waals surface area (Å²) in [7, 11) is 0. The average Bonchev–Trinajstić information content (AvgIpc) is 2.54. The van der Waals surface area contributed by atoms with E-state index in [9.17, 15) is 4.79 Å². The molecule has 0 radical (unpaired) electrons. The Labute approximate surface area is 134 Å². The van der Waals surface area contributed by atoms with Gasteiger partial charge in [0.2, 0.25) is 0 Å². The Morgan fingerprint density at radius 2 is 2.09 bits per heavy atom. The molecule has 1 fully saturated rings. The lowest BCUT2D eigenvalue weighted by Gasteiger charge is -2.29. The van der Waals surface area contributed by atoms with E-state index in [4.69, 9.17) is 4.74 Å². The summed E-state index contributed by atoms with van der Waals surface area (Å²) in [6, 6.07) is 0.0522. The van der Waals surface area contributed by atoms with Crippen LogP contribution in [-0.4, -0.2) is 68.3 Å². The van der Waals surface area contributed by atoms with Crippen molar-refractivity contribution in [2.24, 2.45) is 5.92 Å². The molecular formula is C17H31N3O2. The first-order valence-corrected chi connectivity index (χ1v) is 8.66. The van der Waals surface area contributed by atoms with Gasteiger partial charge in [-0.25, -0.2) is 4.79 Å². The van der Waals surface area contributed by atoms with E-state index in [0.717, 1.165) is 31.8 Å². The predicted octanol–water partition coefficient (Wildman–Crippen LogP) is 2.10. The Kier molecular flexibility index (Phi) is 7.19. The van der Waals surface area contributed by atoms with Crippen LogP contribution < -0.4 is 5.32 Å². The molecule has 2 heterocycles. The van der Waals surface area contributed by atoms with Crippen molar-refractivity contribution >= 4 is 6.03 Å². The van der Waals surface area contributed by atoms with Gasteiger partial charge < -0.3 is 15.0 Å². The molecule has 22 heavy (non-hydrogen) atoms. The van der Waals surface area contributed by atoms with Gasteiger partial charge in [0.05, 0.1) is 13.2 Å². The highest BCUT2D eigenvalue weighted by Gasteiger charge is 2.17. The Hall–Kier alpha value is -1.07. The normalized spacial score (nSPS) is 20.1. The fraction of sp³-hybridized carbons (Fsp3) is 0.824. The van der Waals surface area contributed by atoms with E-state index in [1.165, 1.54) is 25.1 Å². The van der Waals surface area contributed by atoms with Gasteiger partial charge in [0, 0.05) is 32.7 Å². The smallest absolute Gasteiger partial charge is 0.317 e. The first-order valence-electron chi connectivity index (χ1n) is 8.66. The van der Waals surface area contributed by atoms with Gasteiger partial charge in [-0.3, -0.25) is 4.90 Å². The molecule has 0 aromatic rings. The minimum atomic E-state index is 0.0522. The van der Waals surface area contributed by atoms with E-state index >= 15 is 0 Å². The summed E-state index contributed by atoms with van der Waals surface area (Å²) in [5, 5.41) is 3.04. The SMILES string of the molecule is CC(C)CCN1CCC=C(CCNC(=O)N2CCOCC2)C1. The summed E-state index contributed by atoms with van der Waals surface area (Å²) in [6.45, 7) is 11.5. The molecule has 2 amide bonds. The zero-order chi connectivity index (χ0) is 15.8. The summed E-state index contributed by atoms with van der Waals surface area (Å²) in [4.78, 5) is 16.4. The lowest BCUT2D eigenvalue weighted by Crippen LogP contribution is -2.46. The number of rotatable bonds is 6. The Balaban J connectivity index is 1.63. The number of carbonyl (C=O) groups excluding carboxylic acids is 1. The molecular weight excluding hydrogens is 278 g/mol. The van der Waals surface area contributed by atoms with Crippen molar-refractivity contribution in [2.75, 3.05) is 52.5 Å². The largest absolute Gasteiger partial charge is 0.378 e. The van der Waals surface area contributed by atoms with Crippen LogP contribution in [0.4, 0.5) is 4.79 Å². The third kappa shape index (κ3) is 5.97. The minimum Gasteiger partial charge on any atom is -0.378 e. The monoisotopic (exact) mass is 309 g/mol. The molecule has 0 saturated carbocycles. The van der Waals surface area contributed by atoms with Gasteiger partial charge in [-0.15, -0.1) is 0 Å². The van der Waals surface area contributed by atoms with Crippen molar-refractivity contribution in [3.63, 3.8) is 0 Å². The van der Waals surface area contributed by atoms with Crippen molar-refractivity contribution in [2.45, 2.75) is 33.1 Å². The zero-order valence-corrected chi connectivity index (χ0v) is 14.1. The van der Waals surface area contributed by atoms with E-state index in [2.05, 4.69) is 30.1 Å². The van der Waals surface area contributed by atoms with Crippen molar-refractivity contribution in [3.8, 4) is 0 Å². The Morgan fingerprint density at radius 1 is 1.32 bits per heavy atom. The third-order valence-corrected chi connectivity index (χ3v) is 4.35. The molecule has 5 heteroatoms. The van der Waals surface area contributed by atoms with E-state index in [1.54, 1.807) is 0 Å². The second kappa shape index (κ2) is 9.16.